The van der Waals surface area contributed by atoms with Gasteiger partial charge >= 0.3 is 0 Å². The van der Waals surface area contributed by atoms with Gasteiger partial charge in [0.15, 0.2) is 12.1 Å². The van der Waals surface area contributed by atoms with E-state index in [1.807, 2.05) is 36.4 Å². The topological polar surface area (TPSA) is 104 Å². The quantitative estimate of drug-likeness (QED) is 0.494. The first-order valence-electron chi connectivity index (χ1n) is 10.2. The van der Waals surface area contributed by atoms with Crippen LogP contribution in [0.1, 0.15) is 31.2 Å². The van der Waals surface area contributed by atoms with Crippen LogP contribution in [0.15, 0.2) is 67.9 Å². The molecule has 3 aromatic rings. The van der Waals surface area contributed by atoms with Crippen LogP contribution in [0.2, 0.25) is 0 Å². The predicted molar refractivity (Wildman–Crippen MR) is 118 cm³/mol. The number of hydrogen-bond acceptors (Lipinski definition) is 8. The van der Waals surface area contributed by atoms with Gasteiger partial charge in [0.05, 0.1) is 5.69 Å². The second kappa shape index (κ2) is 7.94. The molecule has 1 saturated heterocycles. The van der Waals surface area contributed by atoms with Gasteiger partial charge in [-0.3, -0.25) is 14.6 Å². The molecule has 5 rings (SSSR count). The number of amides is 2. The molecule has 9 nitrogen and oxygen atoms in total. The zero-order valence-corrected chi connectivity index (χ0v) is 18.9. The minimum absolute atomic E-state index is 0.0707. The van der Waals surface area contributed by atoms with Gasteiger partial charge in [-0.25, -0.2) is 4.90 Å². The molecule has 10 heteroatoms. The molecule has 2 aromatic carbocycles. The van der Waals surface area contributed by atoms with E-state index < -0.39 is 12.1 Å². The standard InChI is InChI=1S/C22H19BrN6O3/c1-12(2)13-7-9-14(10-8-13)29-21(30)18-19(22(29)31)28(27-25-18)11-17-24-20(26-32-17)15-5-3-4-6-16(15)23/h3-10,12,18-19H,11H2,1-2H3/t18-,19-/m0/s1. The fourth-order valence-corrected chi connectivity index (χ4v) is 4.29. The van der Waals surface area contributed by atoms with E-state index in [1.54, 1.807) is 12.1 Å². The number of nitrogens with zero attached hydrogens (tertiary/aromatic N) is 6. The number of aromatic nitrogens is 2. The Morgan fingerprint density at radius 3 is 2.53 bits per heavy atom. The molecule has 32 heavy (non-hydrogen) atoms. The molecule has 0 saturated carbocycles. The molecule has 2 amide bonds. The summed E-state index contributed by atoms with van der Waals surface area (Å²) in [5.74, 6) is 0.292. The average molecular weight is 495 g/mol. The summed E-state index contributed by atoms with van der Waals surface area (Å²) in [7, 11) is 0. The molecule has 1 fully saturated rings. The Bertz CT molecular complexity index is 1220. The van der Waals surface area contributed by atoms with E-state index in [4.69, 9.17) is 4.52 Å². The van der Waals surface area contributed by atoms with Gasteiger partial charge in [0.2, 0.25) is 11.7 Å². The van der Waals surface area contributed by atoms with Crippen molar-refractivity contribution >= 4 is 33.4 Å². The maximum atomic E-state index is 13.2. The first-order chi connectivity index (χ1) is 15.4. The predicted octanol–water partition coefficient (Wildman–Crippen LogP) is 4.12. The molecule has 0 bridgehead atoms. The van der Waals surface area contributed by atoms with E-state index in [0.29, 0.717) is 17.4 Å². The average Bonchev–Trinajstić information content (AvgIpc) is 3.47. The van der Waals surface area contributed by atoms with Crippen LogP contribution in [0, 0.1) is 0 Å². The lowest BCUT2D eigenvalue weighted by molar-refractivity contribution is -0.123. The van der Waals surface area contributed by atoms with Crippen LogP contribution in [0.4, 0.5) is 5.69 Å². The third-order valence-corrected chi connectivity index (χ3v) is 6.25. The van der Waals surface area contributed by atoms with Gasteiger partial charge in [-0.1, -0.05) is 64.4 Å². The lowest BCUT2D eigenvalue weighted by Crippen LogP contribution is -2.39. The smallest absolute Gasteiger partial charge is 0.263 e. The number of fused-ring (bicyclic) bond motifs is 1. The van der Waals surface area contributed by atoms with Gasteiger partial charge < -0.3 is 4.52 Å². The van der Waals surface area contributed by atoms with Gasteiger partial charge in [-0.15, -0.1) is 0 Å². The van der Waals surface area contributed by atoms with Gasteiger partial charge in [-0.2, -0.15) is 10.1 Å². The van der Waals surface area contributed by atoms with E-state index in [0.717, 1.165) is 15.6 Å². The molecular weight excluding hydrogens is 476 g/mol. The van der Waals surface area contributed by atoms with Crippen molar-refractivity contribution in [3.05, 3.63) is 64.5 Å². The Kier molecular flexibility index (Phi) is 5.09. The summed E-state index contributed by atoms with van der Waals surface area (Å²) in [4.78, 5) is 31.7. The van der Waals surface area contributed by atoms with Gasteiger partial charge in [-0.05, 0) is 35.7 Å². The molecular formula is C22H19BrN6O3. The minimum atomic E-state index is -0.877. The summed E-state index contributed by atoms with van der Waals surface area (Å²) in [6.07, 6.45) is 0. The highest BCUT2D eigenvalue weighted by molar-refractivity contribution is 9.10. The first-order valence-corrected chi connectivity index (χ1v) is 11.0. The van der Waals surface area contributed by atoms with Crippen molar-refractivity contribution in [1.29, 1.82) is 0 Å². The van der Waals surface area contributed by atoms with Crippen molar-refractivity contribution in [2.45, 2.75) is 38.4 Å². The highest BCUT2D eigenvalue weighted by atomic mass is 79.9. The maximum Gasteiger partial charge on any atom is 0.263 e. The highest BCUT2D eigenvalue weighted by Gasteiger charge is 2.55. The monoisotopic (exact) mass is 494 g/mol. The number of carbonyl (C=O) groups is 2. The van der Waals surface area contributed by atoms with Crippen LogP contribution in [0.5, 0.6) is 0 Å². The fraction of sp³-hybridized carbons (Fsp3) is 0.273. The largest absolute Gasteiger partial charge is 0.337 e. The lowest BCUT2D eigenvalue weighted by atomic mass is 10.0. The van der Waals surface area contributed by atoms with Crippen LogP contribution < -0.4 is 4.90 Å². The van der Waals surface area contributed by atoms with Crippen molar-refractivity contribution in [1.82, 2.24) is 15.1 Å². The Hall–Kier alpha value is -3.40. The molecule has 0 radical (unpaired) electrons. The van der Waals surface area contributed by atoms with Crippen molar-refractivity contribution in [3.8, 4) is 11.4 Å². The van der Waals surface area contributed by atoms with Crippen molar-refractivity contribution in [3.63, 3.8) is 0 Å². The first kappa shape index (κ1) is 20.5. The summed E-state index contributed by atoms with van der Waals surface area (Å²) in [5.41, 5.74) is 2.45. The van der Waals surface area contributed by atoms with Gasteiger partial charge in [0, 0.05) is 10.0 Å². The molecule has 162 valence electrons. The van der Waals surface area contributed by atoms with Crippen molar-refractivity contribution in [2.24, 2.45) is 10.3 Å². The second-order valence-corrected chi connectivity index (χ2v) is 8.80. The summed E-state index contributed by atoms with van der Waals surface area (Å²) in [6, 6.07) is 13.2. The zero-order chi connectivity index (χ0) is 22.4. The number of benzene rings is 2. The molecule has 3 heterocycles. The van der Waals surface area contributed by atoms with Crippen LogP contribution in [-0.4, -0.2) is 39.0 Å². The summed E-state index contributed by atoms with van der Waals surface area (Å²) in [6.45, 7) is 4.24. The molecule has 2 aliphatic rings. The molecule has 2 aliphatic heterocycles. The Labute approximate surface area is 192 Å². The van der Waals surface area contributed by atoms with Gasteiger partial charge in [0.25, 0.3) is 11.8 Å². The Morgan fingerprint density at radius 2 is 1.81 bits per heavy atom. The zero-order valence-electron chi connectivity index (χ0n) is 17.3. The molecule has 1 aromatic heterocycles. The SMILES string of the molecule is CC(C)c1ccc(N2C(=O)[C@H]3N=NN(Cc4nc(-c5ccccc5Br)no4)[C@@H]3C2=O)cc1. The van der Waals surface area contributed by atoms with Crippen molar-refractivity contribution in [2.75, 3.05) is 4.90 Å². The second-order valence-electron chi connectivity index (χ2n) is 7.94. The van der Waals surface area contributed by atoms with E-state index >= 15 is 0 Å². The highest BCUT2D eigenvalue weighted by Crippen LogP contribution is 2.33. The molecule has 2 atom stereocenters. The molecule has 0 spiro atoms. The number of halogens is 1. The Morgan fingerprint density at radius 1 is 1.06 bits per heavy atom. The van der Waals surface area contributed by atoms with E-state index in [-0.39, 0.29) is 24.2 Å². The van der Waals surface area contributed by atoms with Crippen LogP contribution in [-0.2, 0) is 16.1 Å². The van der Waals surface area contributed by atoms with E-state index in [2.05, 4.69) is 50.3 Å². The number of rotatable bonds is 5. The van der Waals surface area contributed by atoms with E-state index in [9.17, 15) is 9.59 Å². The summed E-state index contributed by atoms with van der Waals surface area (Å²) in [5, 5.41) is 13.5. The fourth-order valence-electron chi connectivity index (χ4n) is 3.83. The van der Waals surface area contributed by atoms with Crippen LogP contribution >= 0.6 is 15.9 Å². The number of hydrogen-bond donors (Lipinski definition) is 0. The number of carbonyl (C=O) groups excluding carboxylic acids is 2. The van der Waals surface area contributed by atoms with Gasteiger partial charge in [0.1, 0.15) is 6.54 Å². The van der Waals surface area contributed by atoms with Crippen molar-refractivity contribution < 1.29 is 14.1 Å². The number of imide groups is 1. The summed E-state index contributed by atoms with van der Waals surface area (Å²) >= 11 is 3.47. The molecule has 0 aliphatic carbocycles. The number of anilines is 1. The molecule has 0 N–H and O–H groups in total. The summed E-state index contributed by atoms with van der Waals surface area (Å²) < 4.78 is 6.20. The third kappa shape index (κ3) is 3.40. The normalized spacial score (nSPS) is 20.0. The van der Waals surface area contributed by atoms with Crippen LogP contribution in [0.25, 0.3) is 11.4 Å². The lowest BCUT2D eigenvalue weighted by Gasteiger charge is -2.19. The minimum Gasteiger partial charge on any atom is -0.337 e. The third-order valence-electron chi connectivity index (χ3n) is 5.56. The molecule has 0 unspecified atom stereocenters. The maximum absolute atomic E-state index is 13.2. The Balaban J connectivity index is 1.35. The van der Waals surface area contributed by atoms with E-state index in [1.165, 1.54) is 9.91 Å². The van der Waals surface area contributed by atoms with Crippen LogP contribution in [0.3, 0.4) is 0 Å².